The highest BCUT2D eigenvalue weighted by molar-refractivity contribution is 6.42. The van der Waals surface area contributed by atoms with E-state index < -0.39 is 23.5 Å². The first-order valence-corrected chi connectivity index (χ1v) is 7.55. The fourth-order valence-corrected chi connectivity index (χ4v) is 3.15. The fourth-order valence-electron chi connectivity index (χ4n) is 2.85. The van der Waals surface area contributed by atoms with E-state index in [-0.39, 0.29) is 35.0 Å². The molecule has 2 rings (SSSR count). The van der Waals surface area contributed by atoms with Gasteiger partial charge in [0.05, 0.1) is 10.0 Å². The second-order valence-corrected chi connectivity index (χ2v) is 6.04. The molecule has 124 valence electrons. The Kier molecular flexibility index (Phi) is 5.26. The number of benzene rings is 1. The second kappa shape index (κ2) is 6.84. The molecular weight excluding hydrogens is 351 g/mol. The Bertz CT molecular complexity index is 677. The van der Waals surface area contributed by atoms with Gasteiger partial charge in [-0.05, 0) is 37.1 Å². The number of hydrogen-bond donors (Lipinski definition) is 1. The normalized spacial score (nSPS) is 20.4. The molecule has 1 fully saturated rings. The molecule has 0 bridgehead atoms. The third kappa shape index (κ3) is 3.48. The molecule has 0 saturated carbocycles. The Morgan fingerprint density at radius 3 is 2.57 bits per heavy atom. The van der Waals surface area contributed by atoms with E-state index in [2.05, 4.69) is 0 Å². The number of likely N-dealkylation sites (tertiary alicyclic amines) is 1. The van der Waals surface area contributed by atoms with Crippen LogP contribution in [0, 0.1) is 0 Å². The topological polar surface area (TPSA) is 57.6 Å². The van der Waals surface area contributed by atoms with Crippen molar-refractivity contribution in [2.45, 2.75) is 24.8 Å². The van der Waals surface area contributed by atoms with E-state index in [1.807, 2.05) is 0 Å². The molecule has 1 amide bonds. The Balaban J connectivity index is 2.48. The summed E-state index contributed by atoms with van der Waals surface area (Å²) in [6.45, 7) is 0.115. The first-order chi connectivity index (χ1) is 10.8. The highest BCUT2D eigenvalue weighted by Crippen LogP contribution is 2.37. The van der Waals surface area contributed by atoms with Gasteiger partial charge in [0.25, 0.3) is 6.08 Å². The SMILES string of the molecule is O=C(O)N1CCCC1(CC=C(F)F)C(=O)c1ccc(Cl)c(Cl)c1. The summed E-state index contributed by atoms with van der Waals surface area (Å²) in [6.07, 6.45) is -2.49. The summed E-state index contributed by atoms with van der Waals surface area (Å²) in [7, 11) is 0. The number of carbonyl (C=O) groups excluding carboxylic acids is 1. The lowest BCUT2D eigenvalue weighted by Crippen LogP contribution is -2.52. The minimum atomic E-state index is -1.96. The largest absolute Gasteiger partial charge is 0.465 e. The van der Waals surface area contributed by atoms with E-state index in [0.717, 1.165) is 4.90 Å². The number of hydrogen-bond acceptors (Lipinski definition) is 2. The zero-order valence-corrected chi connectivity index (χ0v) is 13.4. The fraction of sp³-hybridized carbons (Fsp3) is 0.333. The summed E-state index contributed by atoms with van der Waals surface area (Å²) >= 11 is 11.7. The summed E-state index contributed by atoms with van der Waals surface area (Å²) in [5.74, 6) is -0.562. The molecule has 0 aromatic heterocycles. The van der Waals surface area contributed by atoms with E-state index in [9.17, 15) is 23.5 Å². The van der Waals surface area contributed by atoms with Gasteiger partial charge in [-0.2, -0.15) is 8.78 Å². The Morgan fingerprint density at radius 2 is 2.00 bits per heavy atom. The zero-order chi connectivity index (χ0) is 17.2. The zero-order valence-electron chi connectivity index (χ0n) is 11.9. The van der Waals surface area contributed by atoms with Gasteiger partial charge in [-0.1, -0.05) is 23.2 Å². The van der Waals surface area contributed by atoms with Crippen molar-refractivity contribution in [1.82, 2.24) is 4.90 Å². The van der Waals surface area contributed by atoms with Crippen molar-refractivity contribution in [2.24, 2.45) is 0 Å². The summed E-state index contributed by atoms with van der Waals surface area (Å²) in [4.78, 5) is 25.2. The predicted octanol–water partition coefficient (Wildman–Crippen LogP) is 4.86. The molecule has 1 unspecified atom stereocenters. The number of halogens is 4. The van der Waals surface area contributed by atoms with Crippen LogP contribution in [0.5, 0.6) is 0 Å². The third-order valence-electron chi connectivity index (χ3n) is 3.92. The minimum Gasteiger partial charge on any atom is -0.465 e. The first kappa shape index (κ1) is 17.7. The van der Waals surface area contributed by atoms with Crippen LogP contribution in [-0.4, -0.2) is 34.0 Å². The van der Waals surface area contributed by atoms with Gasteiger partial charge in [-0.15, -0.1) is 0 Å². The van der Waals surface area contributed by atoms with Gasteiger partial charge in [-0.3, -0.25) is 9.69 Å². The van der Waals surface area contributed by atoms with Crippen LogP contribution in [0.3, 0.4) is 0 Å². The van der Waals surface area contributed by atoms with Crippen LogP contribution in [0.15, 0.2) is 30.4 Å². The van der Waals surface area contributed by atoms with Crippen LogP contribution in [0.1, 0.15) is 29.6 Å². The Hall–Kier alpha value is -1.66. The lowest BCUT2D eigenvalue weighted by molar-refractivity contribution is 0.0644. The van der Waals surface area contributed by atoms with Gasteiger partial charge in [0.1, 0.15) is 5.54 Å². The van der Waals surface area contributed by atoms with Gasteiger partial charge in [0.15, 0.2) is 5.78 Å². The van der Waals surface area contributed by atoms with Crippen molar-refractivity contribution in [3.8, 4) is 0 Å². The van der Waals surface area contributed by atoms with Crippen LogP contribution in [0.2, 0.25) is 10.0 Å². The number of carbonyl (C=O) groups is 2. The van der Waals surface area contributed by atoms with Crippen LogP contribution in [0.25, 0.3) is 0 Å². The lowest BCUT2D eigenvalue weighted by atomic mass is 9.83. The molecule has 1 aliphatic rings. The first-order valence-electron chi connectivity index (χ1n) is 6.79. The average Bonchev–Trinajstić information content (AvgIpc) is 2.92. The minimum absolute atomic E-state index is 0.115. The number of ketones is 1. The van der Waals surface area contributed by atoms with Gasteiger partial charge >= 0.3 is 6.09 Å². The third-order valence-corrected chi connectivity index (χ3v) is 4.66. The predicted molar refractivity (Wildman–Crippen MR) is 82.4 cm³/mol. The van der Waals surface area contributed by atoms with E-state index >= 15 is 0 Å². The van der Waals surface area contributed by atoms with Crippen molar-refractivity contribution in [3.63, 3.8) is 0 Å². The molecule has 0 radical (unpaired) electrons. The second-order valence-electron chi connectivity index (χ2n) is 5.23. The average molecular weight is 364 g/mol. The molecule has 1 aromatic carbocycles. The van der Waals surface area contributed by atoms with E-state index in [0.29, 0.717) is 12.5 Å². The molecule has 0 aliphatic carbocycles. The van der Waals surface area contributed by atoms with Crippen LogP contribution in [0.4, 0.5) is 13.6 Å². The molecular formula is C15H13Cl2F2NO3. The van der Waals surface area contributed by atoms with Crippen LogP contribution >= 0.6 is 23.2 Å². The van der Waals surface area contributed by atoms with E-state index in [4.69, 9.17) is 23.2 Å². The molecule has 8 heteroatoms. The smallest absolute Gasteiger partial charge is 0.408 e. The van der Waals surface area contributed by atoms with Crippen molar-refractivity contribution in [2.75, 3.05) is 6.54 Å². The number of nitrogens with zero attached hydrogens (tertiary/aromatic N) is 1. The van der Waals surface area contributed by atoms with E-state index in [1.54, 1.807) is 0 Å². The number of rotatable bonds is 4. The summed E-state index contributed by atoms with van der Waals surface area (Å²) in [5, 5.41) is 9.71. The Labute approximate surface area is 141 Å². The Morgan fingerprint density at radius 1 is 1.30 bits per heavy atom. The molecule has 1 heterocycles. The maximum atomic E-state index is 12.9. The molecule has 1 aliphatic heterocycles. The van der Waals surface area contributed by atoms with E-state index in [1.165, 1.54) is 18.2 Å². The summed E-state index contributed by atoms with van der Waals surface area (Å²) in [6, 6.07) is 4.14. The standard InChI is InChI=1S/C15H13Cl2F2NO3/c16-10-3-2-9(8-11(10)17)13(21)15(6-4-12(18)19)5-1-7-20(15)14(22)23/h2-4,8H,1,5-7H2,(H,22,23). The quantitative estimate of drug-likeness (QED) is 0.777. The van der Waals surface area contributed by atoms with Crippen LogP contribution < -0.4 is 0 Å². The van der Waals surface area contributed by atoms with Gasteiger partial charge in [0.2, 0.25) is 0 Å². The molecule has 1 atom stereocenters. The number of Topliss-reactive ketones (excluding diaryl/α,β-unsaturated/α-hetero) is 1. The molecule has 4 nitrogen and oxygen atoms in total. The summed E-state index contributed by atoms with van der Waals surface area (Å²) in [5.41, 5.74) is -1.41. The van der Waals surface area contributed by atoms with Gasteiger partial charge in [0, 0.05) is 18.5 Å². The monoisotopic (exact) mass is 363 g/mol. The highest BCUT2D eigenvalue weighted by Gasteiger charge is 2.49. The molecule has 1 aromatic rings. The molecule has 1 saturated heterocycles. The summed E-state index contributed by atoms with van der Waals surface area (Å²) < 4.78 is 25.0. The molecule has 0 spiro atoms. The maximum absolute atomic E-state index is 12.9. The van der Waals surface area contributed by atoms with Crippen molar-refractivity contribution in [1.29, 1.82) is 0 Å². The lowest BCUT2D eigenvalue weighted by Gasteiger charge is -2.34. The molecule has 1 N–H and O–H groups in total. The van der Waals surface area contributed by atoms with Crippen molar-refractivity contribution >= 4 is 35.1 Å². The number of amides is 1. The van der Waals surface area contributed by atoms with Crippen LogP contribution in [-0.2, 0) is 0 Å². The van der Waals surface area contributed by atoms with Gasteiger partial charge < -0.3 is 5.11 Å². The molecule has 23 heavy (non-hydrogen) atoms. The van der Waals surface area contributed by atoms with Crippen molar-refractivity contribution < 1.29 is 23.5 Å². The van der Waals surface area contributed by atoms with Crippen molar-refractivity contribution in [3.05, 3.63) is 46.0 Å². The maximum Gasteiger partial charge on any atom is 0.408 e. The highest BCUT2D eigenvalue weighted by atomic mass is 35.5. The van der Waals surface area contributed by atoms with Gasteiger partial charge in [-0.25, -0.2) is 4.79 Å². The number of carboxylic acid groups (broad SMARTS) is 1.